The number of carbonyl (C=O) groups is 1. The second-order valence-corrected chi connectivity index (χ2v) is 1.95. The molecule has 0 aromatic carbocycles. The molecule has 0 fully saturated rings. The molecular weight excluding hydrogens is 154 g/mol. The minimum Gasteiger partial charge on any atom is -0.368 e. The standard InChI is InChI=1S/C5H4ClN3O/c6-4-3(2-10)1-8-5(7)9-4/h1-2H,(H2,7,8,9). The van der Waals surface area contributed by atoms with Crippen LogP contribution in [0.2, 0.25) is 5.15 Å². The predicted molar refractivity (Wildman–Crippen MR) is 36.8 cm³/mol. The second kappa shape index (κ2) is 2.62. The number of nitrogens with two attached hydrogens (primary N) is 1. The van der Waals surface area contributed by atoms with E-state index in [-0.39, 0.29) is 16.7 Å². The molecular formula is C5H4ClN3O. The van der Waals surface area contributed by atoms with Crippen LogP contribution in [0.15, 0.2) is 6.20 Å². The number of rotatable bonds is 1. The zero-order valence-corrected chi connectivity index (χ0v) is 5.67. The maximum Gasteiger partial charge on any atom is 0.221 e. The minimum absolute atomic E-state index is 0.0654. The molecule has 0 saturated heterocycles. The zero-order valence-electron chi connectivity index (χ0n) is 4.91. The van der Waals surface area contributed by atoms with Crippen LogP contribution in [0.3, 0.4) is 0 Å². The highest BCUT2D eigenvalue weighted by atomic mass is 35.5. The lowest BCUT2D eigenvalue weighted by atomic mass is 10.4. The molecule has 1 aromatic heterocycles. The molecule has 5 heteroatoms. The van der Waals surface area contributed by atoms with Gasteiger partial charge >= 0.3 is 0 Å². The maximum atomic E-state index is 10.1. The van der Waals surface area contributed by atoms with Crippen LogP contribution in [0.5, 0.6) is 0 Å². The van der Waals surface area contributed by atoms with Gasteiger partial charge in [0.25, 0.3) is 0 Å². The number of hydrogen-bond donors (Lipinski definition) is 1. The molecule has 0 saturated carbocycles. The van der Waals surface area contributed by atoms with Crippen LogP contribution in [0.25, 0.3) is 0 Å². The number of nitrogen functional groups attached to an aromatic ring is 1. The smallest absolute Gasteiger partial charge is 0.221 e. The first-order valence-electron chi connectivity index (χ1n) is 2.47. The molecule has 1 heterocycles. The Morgan fingerprint density at radius 2 is 2.40 bits per heavy atom. The van der Waals surface area contributed by atoms with E-state index in [2.05, 4.69) is 9.97 Å². The van der Waals surface area contributed by atoms with Gasteiger partial charge in [0.05, 0.1) is 5.56 Å². The summed E-state index contributed by atoms with van der Waals surface area (Å²) < 4.78 is 0. The molecule has 0 aliphatic carbocycles. The summed E-state index contributed by atoms with van der Waals surface area (Å²) in [7, 11) is 0. The molecule has 52 valence electrons. The summed E-state index contributed by atoms with van der Waals surface area (Å²) in [5.74, 6) is 0.0654. The third-order valence-electron chi connectivity index (χ3n) is 0.914. The lowest BCUT2D eigenvalue weighted by molar-refractivity contribution is 0.112. The molecule has 0 aliphatic heterocycles. The monoisotopic (exact) mass is 157 g/mol. The summed E-state index contributed by atoms with van der Waals surface area (Å²) >= 11 is 5.47. The van der Waals surface area contributed by atoms with Crippen LogP contribution in [-0.4, -0.2) is 16.3 Å². The molecule has 0 aliphatic rings. The van der Waals surface area contributed by atoms with E-state index in [1.165, 1.54) is 6.20 Å². The molecule has 2 N–H and O–H groups in total. The Bertz CT molecular complexity index is 263. The van der Waals surface area contributed by atoms with Gasteiger partial charge in [0.15, 0.2) is 6.29 Å². The maximum absolute atomic E-state index is 10.1. The average molecular weight is 158 g/mol. The van der Waals surface area contributed by atoms with E-state index in [9.17, 15) is 4.79 Å². The van der Waals surface area contributed by atoms with Gasteiger partial charge in [-0.25, -0.2) is 9.97 Å². The van der Waals surface area contributed by atoms with Crippen molar-refractivity contribution in [1.29, 1.82) is 0 Å². The van der Waals surface area contributed by atoms with E-state index in [4.69, 9.17) is 17.3 Å². The van der Waals surface area contributed by atoms with Crippen LogP contribution in [0.1, 0.15) is 10.4 Å². The van der Waals surface area contributed by atoms with Gasteiger partial charge < -0.3 is 5.73 Å². The van der Waals surface area contributed by atoms with Crippen molar-refractivity contribution in [1.82, 2.24) is 9.97 Å². The second-order valence-electron chi connectivity index (χ2n) is 1.59. The Balaban J connectivity index is 3.19. The van der Waals surface area contributed by atoms with Crippen molar-refractivity contribution in [2.45, 2.75) is 0 Å². The normalized spacial score (nSPS) is 9.30. The van der Waals surface area contributed by atoms with Crippen LogP contribution >= 0.6 is 11.6 Å². The van der Waals surface area contributed by atoms with Gasteiger partial charge in [0.2, 0.25) is 5.95 Å². The predicted octanol–water partition coefficient (Wildman–Crippen LogP) is 0.525. The lowest BCUT2D eigenvalue weighted by Crippen LogP contribution is -1.96. The number of carbonyl (C=O) groups excluding carboxylic acids is 1. The first kappa shape index (κ1) is 6.95. The fourth-order valence-electron chi connectivity index (χ4n) is 0.462. The summed E-state index contributed by atoms with van der Waals surface area (Å²) in [5, 5.41) is 0.0856. The minimum atomic E-state index is 0.0654. The Kier molecular flexibility index (Phi) is 1.82. The summed E-state index contributed by atoms with van der Waals surface area (Å²) in [5.41, 5.74) is 5.41. The molecule has 0 spiro atoms. The van der Waals surface area contributed by atoms with Crippen LogP contribution < -0.4 is 5.73 Å². The number of aromatic nitrogens is 2. The van der Waals surface area contributed by atoms with Crippen LogP contribution in [0, 0.1) is 0 Å². The van der Waals surface area contributed by atoms with Gasteiger partial charge in [-0.3, -0.25) is 4.79 Å². The van der Waals surface area contributed by atoms with Gasteiger partial charge in [-0.1, -0.05) is 11.6 Å². The number of halogens is 1. The van der Waals surface area contributed by atoms with E-state index < -0.39 is 0 Å². The first-order valence-corrected chi connectivity index (χ1v) is 2.85. The Labute approximate surface area is 62.0 Å². The van der Waals surface area contributed by atoms with E-state index >= 15 is 0 Å². The molecule has 0 bridgehead atoms. The van der Waals surface area contributed by atoms with Crippen molar-refractivity contribution in [2.24, 2.45) is 0 Å². The number of nitrogens with zero attached hydrogens (tertiary/aromatic N) is 2. The summed E-state index contributed by atoms with van der Waals surface area (Å²) in [6, 6.07) is 0. The number of anilines is 1. The summed E-state index contributed by atoms with van der Waals surface area (Å²) in [4.78, 5) is 17.2. The molecule has 0 amide bonds. The topological polar surface area (TPSA) is 68.9 Å². The van der Waals surface area contributed by atoms with Crippen molar-refractivity contribution in [3.05, 3.63) is 16.9 Å². The van der Waals surface area contributed by atoms with Gasteiger partial charge in [0, 0.05) is 6.20 Å². The summed E-state index contributed by atoms with van der Waals surface area (Å²) in [6.07, 6.45) is 1.85. The third-order valence-corrected chi connectivity index (χ3v) is 1.22. The van der Waals surface area contributed by atoms with Crippen molar-refractivity contribution in [2.75, 3.05) is 5.73 Å². The fourth-order valence-corrected chi connectivity index (χ4v) is 0.642. The molecule has 0 atom stereocenters. The highest BCUT2D eigenvalue weighted by Gasteiger charge is 1.99. The van der Waals surface area contributed by atoms with Crippen molar-refractivity contribution in [3.63, 3.8) is 0 Å². The van der Waals surface area contributed by atoms with E-state index in [0.29, 0.717) is 6.29 Å². The van der Waals surface area contributed by atoms with Crippen LogP contribution in [0.4, 0.5) is 5.95 Å². The fraction of sp³-hybridized carbons (Fsp3) is 0. The average Bonchev–Trinajstić information content (AvgIpc) is 1.88. The number of hydrogen-bond acceptors (Lipinski definition) is 4. The largest absolute Gasteiger partial charge is 0.368 e. The van der Waals surface area contributed by atoms with Crippen molar-refractivity contribution in [3.8, 4) is 0 Å². The first-order chi connectivity index (χ1) is 4.74. The van der Waals surface area contributed by atoms with Gasteiger partial charge in [-0.05, 0) is 0 Å². The molecule has 4 nitrogen and oxygen atoms in total. The number of aldehydes is 1. The van der Waals surface area contributed by atoms with Crippen LogP contribution in [-0.2, 0) is 0 Å². The molecule has 1 rings (SSSR count). The molecule has 0 unspecified atom stereocenters. The molecule has 0 radical (unpaired) electrons. The SMILES string of the molecule is Nc1ncc(C=O)c(Cl)n1. The van der Waals surface area contributed by atoms with E-state index in [1.807, 2.05) is 0 Å². The zero-order chi connectivity index (χ0) is 7.56. The van der Waals surface area contributed by atoms with Crippen molar-refractivity contribution < 1.29 is 4.79 Å². The highest BCUT2D eigenvalue weighted by Crippen LogP contribution is 2.09. The van der Waals surface area contributed by atoms with Crippen molar-refractivity contribution >= 4 is 23.8 Å². The Morgan fingerprint density at radius 3 is 2.90 bits per heavy atom. The third kappa shape index (κ3) is 1.22. The lowest BCUT2D eigenvalue weighted by Gasteiger charge is -1.93. The van der Waals surface area contributed by atoms with Gasteiger partial charge in [-0.15, -0.1) is 0 Å². The molecule has 10 heavy (non-hydrogen) atoms. The van der Waals surface area contributed by atoms with E-state index in [0.717, 1.165) is 0 Å². The van der Waals surface area contributed by atoms with E-state index in [1.54, 1.807) is 0 Å². The van der Waals surface area contributed by atoms with Gasteiger partial charge in [0.1, 0.15) is 5.15 Å². The summed E-state index contributed by atoms with van der Waals surface area (Å²) in [6.45, 7) is 0. The highest BCUT2D eigenvalue weighted by molar-refractivity contribution is 6.31. The quantitative estimate of drug-likeness (QED) is 0.477. The van der Waals surface area contributed by atoms with Gasteiger partial charge in [-0.2, -0.15) is 0 Å². The Morgan fingerprint density at radius 1 is 1.70 bits per heavy atom. The Hall–Kier alpha value is -1.16. The molecule has 1 aromatic rings.